The zero-order valence-corrected chi connectivity index (χ0v) is 10.6. The molecule has 0 N–H and O–H groups in total. The summed E-state index contributed by atoms with van der Waals surface area (Å²) in [5.41, 5.74) is -0.528. The number of nitrogens with zero attached hydrogens (tertiary/aromatic N) is 2. The first-order chi connectivity index (χ1) is 9.02. The Morgan fingerprint density at radius 1 is 1.42 bits per heavy atom. The number of aromatic nitrogens is 2. The number of rotatable bonds is 3. The molecule has 0 bridgehead atoms. The van der Waals surface area contributed by atoms with Gasteiger partial charge in [0.15, 0.2) is 5.15 Å². The molecule has 0 amide bonds. The number of benzene rings is 1. The normalized spacial score (nSPS) is 10.5. The first-order valence-corrected chi connectivity index (χ1v) is 5.63. The summed E-state index contributed by atoms with van der Waals surface area (Å²) in [6.07, 6.45) is 1.15. The van der Waals surface area contributed by atoms with Crippen LogP contribution in [-0.2, 0) is 6.54 Å². The van der Waals surface area contributed by atoms with Crippen molar-refractivity contribution in [2.45, 2.75) is 6.54 Å². The molecule has 1 aromatic carbocycles. The molecular formula is C12H9ClF2N2O2. The molecule has 0 fully saturated rings. The molecule has 0 saturated heterocycles. The summed E-state index contributed by atoms with van der Waals surface area (Å²) in [6, 6.07) is 3.02. The maximum absolute atomic E-state index is 13.5. The third-order valence-corrected chi connectivity index (χ3v) is 2.77. The minimum absolute atomic E-state index is 0.0354. The highest BCUT2D eigenvalue weighted by Gasteiger charge is 2.12. The molecule has 0 unspecified atom stereocenters. The fraction of sp³-hybridized carbons (Fsp3) is 0.167. The van der Waals surface area contributed by atoms with Gasteiger partial charge in [-0.15, -0.1) is 0 Å². The van der Waals surface area contributed by atoms with Gasteiger partial charge >= 0.3 is 0 Å². The highest BCUT2D eigenvalue weighted by molar-refractivity contribution is 6.30. The molecule has 0 radical (unpaired) electrons. The summed E-state index contributed by atoms with van der Waals surface area (Å²) in [5.74, 6) is -1.33. The topological polar surface area (TPSA) is 44.1 Å². The van der Waals surface area contributed by atoms with Crippen molar-refractivity contribution < 1.29 is 13.5 Å². The Bertz CT molecular complexity index is 673. The van der Waals surface area contributed by atoms with E-state index in [9.17, 15) is 13.6 Å². The zero-order chi connectivity index (χ0) is 14.0. The van der Waals surface area contributed by atoms with Crippen molar-refractivity contribution in [1.29, 1.82) is 0 Å². The lowest BCUT2D eigenvalue weighted by Gasteiger charge is -2.09. The lowest BCUT2D eigenvalue weighted by atomic mass is 10.2. The number of ether oxygens (including phenoxy) is 1. The maximum atomic E-state index is 13.5. The molecule has 1 aromatic heterocycles. The highest BCUT2D eigenvalue weighted by atomic mass is 35.5. The molecular weight excluding hydrogens is 278 g/mol. The van der Waals surface area contributed by atoms with Crippen molar-refractivity contribution in [2.75, 3.05) is 7.11 Å². The van der Waals surface area contributed by atoms with Crippen LogP contribution in [0, 0.1) is 11.6 Å². The molecule has 2 rings (SSSR count). The largest absolute Gasteiger partial charge is 0.489 e. The van der Waals surface area contributed by atoms with E-state index in [1.807, 2.05) is 0 Å². The van der Waals surface area contributed by atoms with E-state index in [0.717, 1.165) is 29.1 Å². The molecule has 2 aromatic rings. The quantitative estimate of drug-likeness (QED) is 0.813. The molecule has 0 aliphatic carbocycles. The fourth-order valence-electron chi connectivity index (χ4n) is 1.58. The van der Waals surface area contributed by atoms with Crippen molar-refractivity contribution in [1.82, 2.24) is 9.55 Å². The summed E-state index contributed by atoms with van der Waals surface area (Å²) >= 11 is 5.68. The molecule has 0 aliphatic rings. The highest BCUT2D eigenvalue weighted by Crippen LogP contribution is 2.16. The van der Waals surface area contributed by atoms with Gasteiger partial charge in [-0.25, -0.2) is 13.8 Å². The molecule has 100 valence electrons. The van der Waals surface area contributed by atoms with Crippen molar-refractivity contribution in [3.05, 3.63) is 57.2 Å². The van der Waals surface area contributed by atoms with Crippen LogP contribution in [-0.4, -0.2) is 16.7 Å². The Labute approximate surface area is 112 Å². The van der Waals surface area contributed by atoms with Gasteiger partial charge in [0, 0.05) is 5.56 Å². The predicted octanol–water partition coefficient (Wildman–Crippen LogP) is 2.23. The van der Waals surface area contributed by atoms with Crippen LogP contribution >= 0.6 is 11.6 Å². The maximum Gasteiger partial charge on any atom is 0.297 e. The summed E-state index contributed by atoms with van der Waals surface area (Å²) in [4.78, 5) is 15.7. The van der Waals surface area contributed by atoms with Crippen LogP contribution in [0.25, 0.3) is 0 Å². The van der Waals surface area contributed by atoms with Crippen molar-refractivity contribution >= 4 is 11.6 Å². The van der Waals surface area contributed by atoms with Gasteiger partial charge in [-0.05, 0) is 18.2 Å². The average molecular weight is 287 g/mol. The monoisotopic (exact) mass is 286 g/mol. The number of hydrogen-bond acceptors (Lipinski definition) is 3. The summed E-state index contributed by atoms with van der Waals surface area (Å²) in [6.45, 7) is -0.164. The van der Waals surface area contributed by atoms with E-state index in [4.69, 9.17) is 16.3 Å². The standard InChI is InChI=1S/C12H9ClF2N2O2/c1-19-10-11(13)16-6-17(12(10)18)5-7-4-8(14)2-3-9(7)15/h2-4,6H,5H2,1H3. The third kappa shape index (κ3) is 2.73. The Morgan fingerprint density at radius 2 is 2.16 bits per heavy atom. The molecule has 1 heterocycles. The summed E-state index contributed by atoms with van der Waals surface area (Å²) in [7, 11) is 1.28. The van der Waals surface area contributed by atoms with Gasteiger partial charge in [-0.3, -0.25) is 9.36 Å². The van der Waals surface area contributed by atoms with E-state index in [-0.39, 0.29) is 23.0 Å². The van der Waals surface area contributed by atoms with Gasteiger partial charge < -0.3 is 4.74 Å². The Balaban J connectivity index is 2.44. The molecule has 4 nitrogen and oxygen atoms in total. The SMILES string of the molecule is COc1c(Cl)ncn(Cc2cc(F)ccc2F)c1=O. The van der Waals surface area contributed by atoms with Crippen LogP contribution in [0.15, 0.2) is 29.3 Å². The minimum Gasteiger partial charge on any atom is -0.489 e. The Kier molecular flexibility index (Phi) is 3.80. The number of methoxy groups -OCH3 is 1. The van der Waals surface area contributed by atoms with Crippen molar-refractivity contribution in [3.63, 3.8) is 0 Å². The molecule has 7 heteroatoms. The predicted molar refractivity (Wildman–Crippen MR) is 65.5 cm³/mol. The zero-order valence-electron chi connectivity index (χ0n) is 9.86. The van der Waals surface area contributed by atoms with Crippen LogP contribution in [0.5, 0.6) is 5.75 Å². The smallest absolute Gasteiger partial charge is 0.297 e. The summed E-state index contributed by atoms with van der Waals surface area (Å²) < 4.78 is 32.4. The van der Waals surface area contributed by atoms with E-state index < -0.39 is 17.2 Å². The van der Waals surface area contributed by atoms with E-state index in [1.165, 1.54) is 7.11 Å². The second kappa shape index (κ2) is 5.36. The second-order valence-electron chi connectivity index (χ2n) is 3.74. The summed E-state index contributed by atoms with van der Waals surface area (Å²) in [5, 5.41) is -0.0801. The van der Waals surface area contributed by atoms with Crippen molar-refractivity contribution in [3.8, 4) is 5.75 Å². The van der Waals surface area contributed by atoms with Gasteiger partial charge in [-0.2, -0.15) is 0 Å². The van der Waals surface area contributed by atoms with Crippen LogP contribution < -0.4 is 10.3 Å². The average Bonchev–Trinajstić information content (AvgIpc) is 2.38. The fourth-order valence-corrected chi connectivity index (χ4v) is 1.78. The lowest BCUT2D eigenvalue weighted by Crippen LogP contribution is -2.23. The van der Waals surface area contributed by atoms with Gasteiger partial charge in [-0.1, -0.05) is 11.6 Å². The first kappa shape index (κ1) is 13.5. The minimum atomic E-state index is -0.609. The third-order valence-electron chi connectivity index (χ3n) is 2.51. The molecule has 0 atom stereocenters. The molecule has 0 spiro atoms. The van der Waals surface area contributed by atoms with Crippen molar-refractivity contribution in [2.24, 2.45) is 0 Å². The lowest BCUT2D eigenvalue weighted by molar-refractivity contribution is 0.400. The van der Waals surface area contributed by atoms with E-state index in [1.54, 1.807) is 0 Å². The number of halogens is 3. The van der Waals surface area contributed by atoms with E-state index in [2.05, 4.69) is 4.98 Å². The van der Waals surface area contributed by atoms with Gasteiger partial charge in [0.05, 0.1) is 20.0 Å². The van der Waals surface area contributed by atoms with Gasteiger partial charge in [0.25, 0.3) is 5.56 Å². The molecule has 19 heavy (non-hydrogen) atoms. The Hall–Kier alpha value is -1.95. The Morgan fingerprint density at radius 3 is 2.84 bits per heavy atom. The van der Waals surface area contributed by atoms with E-state index in [0.29, 0.717) is 0 Å². The second-order valence-corrected chi connectivity index (χ2v) is 4.10. The molecule has 0 aliphatic heterocycles. The first-order valence-electron chi connectivity index (χ1n) is 5.25. The van der Waals surface area contributed by atoms with E-state index >= 15 is 0 Å². The van der Waals surface area contributed by atoms with Crippen LogP contribution in [0.4, 0.5) is 8.78 Å². The van der Waals surface area contributed by atoms with Crippen LogP contribution in [0.3, 0.4) is 0 Å². The van der Waals surface area contributed by atoms with Gasteiger partial charge in [0.1, 0.15) is 11.6 Å². The van der Waals surface area contributed by atoms with Gasteiger partial charge in [0.2, 0.25) is 5.75 Å². The van der Waals surface area contributed by atoms with Crippen LogP contribution in [0.2, 0.25) is 5.15 Å². The molecule has 0 saturated carbocycles. The van der Waals surface area contributed by atoms with Crippen LogP contribution in [0.1, 0.15) is 5.56 Å². The number of hydrogen-bond donors (Lipinski definition) is 0.